The number of nitrogens with one attached hydrogen (secondary N) is 1. The molecule has 3 aromatic carbocycles. The van der Waals surface area contributed by atoms with Gasteiger partial charge in [0.15, 0.2) is 5.82 Å². The third-order valence-electron chi connectivity index (χ3n) is 4.97. The second-order valence-electron chi connectivity index (χ2n) is 7.07. The van der Waals surface area contributed by atoms with Crippen LogP contribution in [-0.2, 0) is 10.0 Å². The molecule has 0 atom stereocenters. The quantitative estimate of drug-likeness (QED) is 0.413. The van der Waals surface area contributed by atoms with Gasteiger partial charge in [-0.25, -0.2) is 27.2 Å². The SMILES string of the molecule is Nc1ncc2cc(-c3c(F)ccc(NS(=O)(=O)c4cccc5nccnc45)c3F)ccc2n1. The van der Waals surface area contributed by atoms with E-state index in [2.05, 4.69) is 24.7 Å². The molecule has 0 spiro atoms. The Hall–Kier alpha value is -4.25. The van der Waals surface area contributed by atoms with Crippen molar-refractivity contribution in [3.8, 4) is 11.1 Å². The van der Waals surface area contributed by atoms with Crippen molar-refractivity contribution in [1.82, 2.24) is 19.9 Å². The van der Waals surface area contributed by atoms with Gasteiger partial charge in [-0.15, -0.1) is 0 Å². The molecule has 0 radical (unpaired) electrons. The van der Waals surface area contributed by atoms with E-state index in [1.54, 1.807) is 12.1 Å². The van der Waals surface area contributed by atoms with Gasteiger partial charge in [0, 0.05) is 24.0 Å². The Morgan fingerprint density at radius 2 is 1.73 bits per heavy atom. The molecule has 0 unspecified atom stereocenters. The first-order chi connectivity index (χ1) is 15.8. The average Bonchev–Trinajstić information content (AvgIpc) is 2.80. The number of hydrogen-bond donors (Lipinski definition) is 2. The Morgan fingerprint density at radius 1 is 0.909 bits per heavy atom. The second-order valence-corrected chi connectivity index (χ2v) is 8.72. The summed E-state index contributed by atoms with van der Waals surface area (Å²) in [4.78, 5) is 15.9. The zero-order valence-electron chi connectivity index (χ0n) is 16.7. The summed E-state index contributed by atoms with van der Waals surface area (Å²) in [6, 6.07) is 11.0. The number of fused-ring (bicyclic) bond motifs is 2. The number of nitrogen functional groups attached to an aromatic ring is 1. The van der Waals surface area contributed by atoms with Crippen LogP contribution in [0, 0.1) is 11.6 Å². The van der Waals surface area contributed by atoms with Gasteiger partial charge in [0.2, 0.25) is 5.95 Å². The van der Waals surface area contributed by atoms with Crippen LogP contribution in [0.25, 0.3) is 33.1 Å². The minimum absolute atomic E-state index is 0.0714. The molecule has 5 rings (SSSR count). The third kappa shape index (κ3) is 3.68. The van der Waals surface area contributed by atoms with Gasteiger partial charge in [-0.2, -0.15) is 0 Å². The van der Waals surface area contributed by atoms with Gasteiger partial charge >= 0.3 is 0 Å². The molecular formula is C22H14F2N6O2S. The van der Waals surface area contributed by atoms with Gasteiger partial charge in [-0.1, -0.05) is 12.1 Å². The summed E-state index contributed by atoms with van der Waals surface area (Å²) in [7, 11) is -4.26. The highest BCUT2D eigenvalue weighted by Crippen LogP contribution is 2.33. The van der Waals surface area contributed by atoms with Gasteiger partial charge in [0.05, 0.1) is 22.3 Å². The molecule has 0 bridgehead atoms. The first-order valence-electron chi connectivity index (χ1n) is 9.57. The lowest BCUT2D eigenvalue weighted by Crippen LogP contribution is -2.15. The minimum atomic E-state index is -4.26. The van der Waals surface area contributed by atoms with Crippen molar-refractivity contribution in [2.75, 3.05) is 10.5 Å². The topological polar surface area (TPSA) is 124 Å². The Balaban J connectivity index is 1.59. The highest BCUT2D eigenvalue weighted by molar-refractivity contribution is 7.93. The lowest BCUT2D eigenvalue weighted by Gasteiger charge is -2.13. The molecule has 0 aliphatic rings. The predicted octanol–water partition coefficient (Wildman–Crippen LogP) is 3.90. The molecule has 0 aliphatic heterocycles. The number of aromatic nitrogens is 4. The first kappa shape index (κ1) is 20.6. The fourth-order valence-electron chi connectivity index (χ4n) is 3.48. The lowest BCUT2D eigenvalue weighted by molar-refractivity contribution is 0.588. The molecule has 0 amide bonds. The van der Waals surface area contributed by atoms with E-state index in [1.165, 1.54) is 42.9 Å². The van der Waals surface area contributed by atoms with Crippen LogP contribution in [0.4, 0.5) is 20.4 Å². The van der Waals surface area contributed by atoms with Crippen LogP contribution in [0.15, 0.2) is 72.0 Å². The van der Waals surface area contributed by atoms with Gasteiger partial charge in [0.25, 0.3) is 10.0 Å². The smallest absolute Gasteiger partial charge is 0.264 e. The van der Waals surface area contributed by atoms with E-state index in [0.717, 1.165) is 12.1 Å². The van der Waals surface area contributed by atoms with E-state index in [0.29, 0.717) is 16.4 Å². The van der Waals surface area contributed by atoms with E-state index >= 15 is 4.39 Å². The Bertz CT molecular complexity index is 1660. The number of nitrogens with two attached hydrogens (primary N) is 1. The molecule has 0 saturated heterocycles. The first-order valence-corrected chi connectivity index (χ1v) is 11.0. The summed E-state index contributed by atoms with van der Waals surface area (Å²) in [6.07, 6.45) is 4.22. The molecule has 0 fully saturated rings. The second kappa shape index (κ2) is 7.71. The molecule has 5 aromatic rings. The summed E-state index contributed by atoms with van der Waals surface area (Å²) >= 11 is 0. The minimum Gasteiger partial charge on any atom is -0.368 e. The van der Waals surface area contributed by atoms with Gasteiger partial charge in [0.1, 0.15) is 16.2 Å². The molecule has 3 N–H and O–H groups in total. The van der Waals surface area contributed by atoms with Crippen LogP contribution in [-0.4, -0.2) is 28.4 Å². The van der Waals surface area contributed by atoms with E-state index < -0.39 is 32.9 Å². The number of rotatable bonds is 4. The summed E-state index contributed by atoms with van der Waals surface area (Å²) in [5.74, 6) is -1.86. The predicted molar refractivity (Wildman–Crippen MR) is 120 cm³/mol. The molecule has 164 valence electrons. The molecule has 0 saturated carbocycles. The fourth-order valence-corrected chi connectivity index (χ4v) is 4.71. The van der Waals surface area contributed by atoms with E-state index in [1.807, 2.05) is 0 Å². The highest BCUT2D eigenvalue weighted by atomic mass is 32.2. The maximum atomic E-state index is 15.4. The normalized spacial score (nSPS) is 11.7. The number of halogens is 2. The fraction of sp³-hybridized carbons (Fsp3) is 0. The molecule has 33 heavy (non-hydrogen) atoms. The van der Waals surface area contributed by atoms with E-state index in [9.17, 15) is 12.8 Å². The number of sulfonamides is 1. The Kier molecular flexibility index (Phi) is 4.82. The Labute approximate surface area is 186 Å². The van der Waals surface area contributed by atoms with Crippen molar-refractivity contribution in [2.45, 2.75) is 4.90 Å². The summed E-state index contributed by atoms with van der Waals surface area (Å²) in [6.45, 7) is 0. The molecule has 2 aromatic heterocycles. The van der Waals surface area contributed by atoms with E-state index in [-0.39, 0.29) is 21.9 Å². The highest BCUT2D eigenvalue weighted by Gasteiger charge is 2.23. The molecular weight excluding hydrogens is 450 g/mol. The van der Waals surface area contributed by atoms with Crippen LogP contribution in [0.3, 0.4) is 0 Å². The molecule has 8 nitrogen and oxygen atoms in total. The standard InChI is InChI=1S/C22H14F2N6O2S/c23-14-5-7-16(30-33(31,32)18-3-1-2-17-21(18)27-9-8-26-17)20(24)19(14)12-4-6-15-13(10-12)11-28-22(25)29-15/h1-11,30H,(H2,25,28,29). The van der Waals surface area contributed by atoms with Gasteiger partial charge < -0.3 is 5.73 Å². The summed E-state index contributed by atoms with van der Waals surface area (Å²) < 4.78 is 58.3. The van der Waals surface area contributed by atoms with Crippen LogP contribution >= 0.6 is 0 Å². The van der Waals surface area contributed by atoms with Gasteiger partial charge in [-0.3, -0.25) is 14.7 Å². The number of benzene rings is 3. The zero-order chi connectivity index (χ0) is 23.2. The lowest BCUT2D eigenvalue weighted by atomic mass is 10.0. The number of anilines is 2. The van der Waals surface area contributed by atoms with Crippen molar-refractivity contribution in [1.29, 1.82) is 0 Å². The molecule has 2 heterocycles. The van der Waals surface area contributed by atoms with Crippen LogP contribution in [0.1, 0.15) is 0 Å². The number of para-hydroxylation sites is 1. The van der Waals surface area contributed by atoms with Crippen LogP contribution < -0.4 is 10.5 Å². The van der Waals surface area contributed by atoms with Crippen molar-refractivity contribution in [3.05, 3.63) is 78.8 Å². The van der Waals surface area contributed by atoms with Crippen molar-refractivity contribution >= 4 is 43.6 Å². The monoisotopic (exact) mass is 464 g/mol. The summed E-state index contributed by atoms with van der Waals surface area (Å²) in [5.41, 5.74) is 5.93. The van der Waals surface area contributed by atoms with Crippen molar-refractivity contribution in [2.24, 2.45) is 0 Å². The van der Waals surface area contributed by atoms with E-state index in [4.69, 9.17) is 5.73 Å². The number of nitrogens with zero attached hydrogens (tertiary/aromatic N) is 4. The summed E-state index contributed by atoms with van der Waals surface area (Å²) in [5, 5.41) is 0.515. The molecule has 0 aliphatic carbocycles. The van der Waals surface area contributed by atoms with Crippen molar-refractivity contribution < 1.29 is 17.2 Å². The van der Waals surface area contributed by atoms with Crippen LogP contribution in [0.5, 0.6) is 0 Å². The number of hydrogen-bond acceptors (Lipinski definition) is 7. The maximum absolute atomic E-state index is 15.4. The average molecular weight is 464 g/mol. The van der Waals surface area contributed by atoms with Crippen molar-refractivity contribution in [3.63, 3.8) is 0 Å². The van der Waals surface area contributed by atoms with Crippen LogP contribution in [0.2, 0.25) is 0 Å². The van der Waals surface area contributed by atoms with Gasteiger partial charge in [-0.05, 0) is 42.0 Å². The third-order valence-corrected chi connectivity index (χ3v) is 6.37. The zero-order valence-corrected chi connectivity index (χ0v) is 17.5. The maximum Gasteiger partial charge on any atom is 0.264 e. The molecule has 11 heteroatoms. The Morgan fingerprint density at radius 3 is 2.58 bits per heavy atom. The largest absolute Gasteiger partial charge is 0.368 e.